The molecule has 0 aliphatic heterocycles. The summed E-state index contributed by atoms with van der Waals surface area (Å²) in [5.74, 6) is 0.850. The van der Waals surface area contributed by atoms with Crippen molar-refractivity contribution in [3.05, 3.63) is 27.4 Å². The summed E-state index contributed by atoms with van der Waals surface area (Å²) in [4.78, 5) is 21.6. The molecule has 17 heavy (non-hydrogen) atoms. The second kappa shape index (κ2) is 5.45. The molecule has 1 heterocycles. The molecule has 1 aliphatic rings. The van der Waals surface area contributed by atoms with E-state index in [1.165, 1.54) is 0 Å². The summed E-state index contributed by atoms with van der Waals surface area (Å²) in [6, 6.07) is 0. The lowest BCUT2D eigenvalue weighted by Crippen LogP contribution is -2.27. The van der Waals surface area contributed by atoms with Crippen LogP contribution in [0.4, 0.5) is 0 Å². The Kier molecular flexibility index (Phi) is 3.94. The number of nitrogens with zero attached hydrogens (tertiary/aromatic N) is 2. The van der Waals surface area contributed by atoms with Crippen molar-refractivity contribution in [1.29, 1.82) is 0 Å². The highest BCUT2D eigenvalue weighted by molar-refractivity contribution is 5.22. The van der Waals surface area contributed by atoms with Gasteiger partial charge in [0.05, 0.1) is 5.69 Å². The number of likely N-dealkylation sites (N-methyl/N-ethyl adjacent to an activating group) is 1. The van der Waals surface area contributed by atoms with E-state index in [-0.39, 0.29) is 5.56 Å². The third kappa shape index (κ3) is 2.75. The van der Waals surface area contributed by atoms with E-state index in [9.17, 15) is 4.79 Å². The molecular formula is C13H21N3O. The van der Waals surface area contributed by atoms with Crippen molar-refractivity contribution < 1.29 is 0 Å². The first-order valence-electron chi connectivity index (χ1n) is 6.57. The van der Waals surface area contributed by atoms with Crippen LogP contribution < -0.4 is 5.56 Å². The number of aromatic nitrogens is 2. The fraction of sp³-hybridized carbons (Fsp3) is 0.692. The van der Waals surface area contributed by atoms with Gasteiger partial charge in [0.2, 0.25) is 0 Å². The monoisotopic (exact) mass is 235 g/mol. The summed E-state index contributed by atoms with van der Waals surface area (Å²) in [6.07, 6.45) is 3.78. The Labute approximate surface area is 102 Å². The van der Waals surface area contributed by atoms with Crippen LogP contribution in [0.2, 0.25) is 0 Å². The van der Waals surface area contributed by atoms with E-state index in [1.807, 2.05) is 0 Å². The zero-order valence-corrected chi connectivity index (χ0v) is 10.8. The van der Waals surface area contributed by atoms with Gasteiger partial charge in [-0.1, -0.05) is 13.8 Å². The second-order valence-corrected chi connectivity index (χ2v) is 4.57. The highest BCUT2D eigenvalue weighted by atomic mass is 16.1. The van der Waals surface area contributed by atoms with E-state index in [0.717, 1.165) is 62.4 Å². The van der Waals surface area contributed by atoms with Gasteiger partial charge >= 0.3 is 0 Å². The molecule has 0 atom stereocenters. The molecule has 0 aromatic carbocycles. The number of rotatable bonds is 5. The maximum Gasteiger partial charge on any atom is 0.254 e. The number of H-pyrrole nitrogens is 1. The smallest absolute Gasteiger partial charge is 0.254 e. The topological polar surface area (TPSA) is 49.0 Å². The zero-order valence-electron chi connectivity index (χ0n) is 10.8. The first-order chi connectivity index (χ1) is 8.24. The lowest BCUT2D eigenvalue weighted by atomic mass is 10.2. The molecule has 0 amide bonds. The number of hydrogen-bond donors (Lipinski definition) is 1. The normalized spacial score (nSPS) is 14.3. The fourth-order valence-electron chi connectivity index (χ4n) is 2.42. The molecule has 0 spiro atoms. The molecule has 0 unspecified atom stereocenters. The molecule has 1 N–H and O–H groups in total. The molecule has 0 saturated heterocycles. The maximum atomic E-state index is 11.8. The minimum Gasteiger partial charge on any atom is -0.310 e. The van der Waals surface area contributed by atoms with Gasteiger partial charge in [-0.05, 0) is 32.4 Å². The third-order valence-electron chi connectivity index (χ3n) is 3.55. The van der Waals surface area contributed by atoms with Crippen LogP contribution in [-0.4, -0.2) is 34.5 Å². The number of nitrogens with one attached hydrogen (secondary N) is 1. The van der Waals surface area contributed by atoms with Crippen molar-refractivity contribution in [2.75, 3.05) is 19.6 Å². The molecule has 1 aliphatic carbocycles. The molecule has 4 nitrogen and oxygen atoms in total. The quantitative estimate of drug-likeness (QED) is 0.832. The number of fused-ring (bicyclic) bond motifs is 1. The van der Waals surface area contributed by atoms with Crippen molar-refractivity contribution in [2.45, 2.75) is 39.5 Å². The molecule has 4 heteroatoms. The van der Waals surface area contributed by atoms with Crippen LogP contribution in [0.25, 0.3) is 0 Å². The maximum absolute atomic E-state index is 11.8. The minimum absolute atomic E-state index is 0.0852. The van der Waals surface area contributed by atoms with Gasteiger partial charge in [0.1, 0.15) is 5.82 Å². The molecule has 2 rings (SSSR count). The predicted molar refractivity (Wildman–Crippen MR) is 68.4 cm³/mol. The summed E-state index contributed by atoms with van der Waals surface area (Å²) < 4.78 is 0. The van der Waals surface area contributed by atoms with Gasteiger partial charge in [0.25, 0.3) is 5.56 Å². The van der Waals surface area contributed by atoms with Crippen molar-refractivity contribution in [3.63, 3.8) is 0 Å². The van der Waals surface area contributed by atoms with Crippen molar-refractivity contribution >= 4 is 0 Å². The van der Waals surface area contributed by atoms with Crippen molar-refractivity contribution in [3.8, 4) is 0 Å². The summed E-state index contributed by atoms with van der Waals surface area (Å²) in [5, 5.41) is 0. The zero-order chi connectivity index (χ0) is 12.3. The molecule has 0 fully saturated rings. The Morgan fingerprint density at radius 2 is 2.06 bits per heavy atom. The van der Waals surface area contributed by atoms with Crippen LogP contribution in [0.5, 0.6) is 0 Å². The Hall–Kier alpha value is -1.16. The summed E-state index contributed by atoms with van der Waals surface area (Å²) in [5.41, 5.74) is 2.03. The lowest BCUT2D eigenvalue weighted by Gasteiger charge is -2.17. The minimum atomic E-state index is 0.0852. The lowest BCUT2D eigenvalue weighted by molar-refractivity contribution is 0.305. The van der Waals surface area contributed by atoms with E-state index in [0.29, 0.717) is 0 Å². The van der Waals surface area contributed by atoms with Gasteiger partial charge in [-0.3, -0.25) is 4.79 Å². The Morgan fingerprint density at radius 1 is 1.29 bits per heavy atom. The number of hydrogen-bond acceptors (Lipinski definition) is 3. The summed E-state index contributed by atoms with van der Waals surface area (Å²) in [7, 11) is 0. The van der Waals surface area contributed by atoms with E-state index in [2.05, 4.69) is 28.7 Å². The van der Waals surface area contributed by atoms with Gasteiger partial charge in [-0.25, -0.2) is 4.98 Å². The predicted octanol–water partition coefficient (Wildman–Crippen LogP) is 1.14. The van der Waals surface area contributed by atoms with Crippen molar-refractivity contribution in [1.82, 2.24) is 14.9 Å². The molecule has 1 aromatic rings. The van der Waals surface area contributed by atoms with Crippen LogP contribution in [0, 0.1) is 0 Å². The van der Waals surface area contributed by atoms with Crippen molar-refractivity contribution in [2.24, 2.45) is 0 Å². The molecule has 0 radical (unpaired) electrons. The van der Waals surface area contributed by atoms with Crippen LogP contribution in [-0.2, 0) is 19.3 Å². The molecule has 1 aromatic heterocycles. The van der Waals surface area contributed by atoms with Gasteiger partial charge in [-0.2, -0.15) is 0 Å². The van der Waals surface area contributed by atoms with E-state index in [1.54, 1.807) is 0 Å². The molecule has 94 valence electrons. The standard InChI is InChI=1S/C13H21N3O/c1-3-16(4-2)9-8-12-14-11-7-5-6-10(11)13(17)15-12/h3-9H2,1-2H3,(H,14,15,17). The largest absolute Gasteiger partial charge is 0.310 e. The molecule has 0 bridgehead atoms. The van der Waals surface area contributed by atoms with E-state index >= 15 is 0 Å². The summed E-state index contributed by atoms with van der Waals surface area (Å²) >= 11 is 0. The van der Waals surface area contributed by atoms with E-state index < -0.39 is 0 Å². The average molecular weight is 235 g/mol. The van der Waals surface area contributed by atoms with Crippen LogP contribution >= 0.6 is 0 Å². The van der Waals surface area contributed by atoms with E-state index in [4.69, 9.17) is 0 Å². The Morgan fingerprint density at radius 3 is 2.76 bits per heavy atom. The first kappa shape index (κ1) is 12.3. The SMILES string of the molecule is CCN(CC)CCc1nc2c(c(=O)[nH]1)CCC2. The third-order valence-corrected chi connectivity index (χ3v) is 3.55. The summed E-state index contributed by atoms with van der Waals surface area (Å²) in [6.45, 7) is 7.37. The van der Waals surface area contributed by atoms with Crippen LogP contribution in [0.1, 0.15) is 37.4 Å². The highest BCUT2D eigenvalue weighted by Gasteiger charge is 2.16. The number of aromatic amines is 1. The number of aryl methyl sites for hydroxylation is 1. The Balaban J connectivity index is 2.07. The highest BCUT2D eigenvalue weighted by Crippen LogP contribution is 2.15. The van der Waals surface area contributed by atoms with Crippen LogP contribution in [0.15, 0.2) is 4.79 Å². The fourth-order valence-corrected chi connectivity index (χ4v) is 2.42. The van der Waals surface area contributed by atoms with Gasteiger partial charge in [0, 0.05) is 18.5 Å². The van der Waals surface area contributed by atoms with Gasteiger partial charge in [0.15, 0.2) is 0 Å². The molecular weight excluding hydrogens is 214 g/mol. The van der Waals surface area contributed by atoms with Crippen LogP contribution in [0.3, 0.4) is 0 Å². The Bertz CT molecular complexity index is 435. The first-order valence-corrected chi connectivity index (χ1v) is 6.57. The van der Waals surface area contributed by atoms with Gasteiger partial charge in [-0.15, -0.1) is 0 Å². The molecule has 0 saturated carbocycles. The van der Waals surface area contributed by atoms with Gasteiger partial charge < -0.3 is 9.88 Å². The second-order valence-electron chi connectivity index (χ2n) is 4.57. The average Bonchev–Trinajstić information content (AvgIpc) is 2.79.